The minimum Gasteiger partial charge on any atom is -0.393 e. The Morgan fingerprint density at radius 1 is 1.62 bits per heavy atom. The molecule has 13 heavy (non-hydrogen) atoms. The predicted molar refractivity (Wildman–Crippen MR) is 52.7 cm³/mol. The van der Waals surface area contributed by atoms with Gasteiger partial charge >= 0.3 is 0 Å². The lowest BCUT2D eigenvalue weighted by Crippen LogP contribution is -2.36. The van der Waals surface area contributed by atoms with Gasteiger partial charge in [-0.3, -0.25) is 0 Å². The minimum atomic E-state index is -0.148. The molecule has 0 aliphatic carbocycles. The Labute approximate surface area is 80.5 Å². The van der Waals surface area contributed by atoms with Gasteiger partial charge in [0.15, 0.2) is 0 Å². The molecule has 1 rings (SSSR count). The van der Waals surface area contributed by atoms with Crippen LogP contribution in [0.1, 0.15) is 33.1 Å². The van der Waals surface area contributed by atoms with Gasteiger partial charge in [0.2, 0.25) is 0 Å². The Morgan fingerprint density at radius 2 is 2.38 bits per heavy atom. The zero-order chi connectivity index (χ0) is 9.68. The van der Waals surface area contributed by atoms with Crippen LogP contribution in [0.25, 0.3) is 0 Å². The van der Waals surface area contributed by atoms with Gasteiger partial charge in [-0.25, -0.2) is 0 Å². The summed E-state index contributed by atoms with van der Waals surface area (Å²) in [5.41, 5.74) is 0. The third-order valence-electron chi connectivity index (χ3n) is 2.73. The van der Waals surface area contributed by atoms with Gasteiger partial charge in [-0.2, -0.15) is 0 Å². The lowest BCUT2D eigenvalue weighted by molar-refractivity contribution is 0.110. The van der Waals surface area contributed by atoms with Crippen LogP contribution in [-0.4, -0.2) is 36.5 Å². The third kappa shape index (κ3) is 3.63. The van der Waals surface area contributed by atoms with E-state index in [0.29, 0.717) is 12.1 Å². The van der Waals surface area contributed by atoms with Gasteiger partial charge in [0.25, 0.3) is 0 Å². The first-order chi connectivity index (χ1) is 6.24. The summed E-state index contributed by atoms with van der Waals surface area (Å²) in [5.74, 6) is 0. The molecule has 3 unspecified atom stereocenters. The summed E-state index contributed by atoms with van der Waals surface area (Å²) in [4.78, 5) is 0. The standard InChI is InChI=1S/C10H21NO2/c1-3-9(12)4-6-11-10-5-7-13-8(10)2/h8-12H,3-7H2,1-2H3. The molecule has 0 radical (unpaired) electrons. The fourth-order valence-electron chi connectivity index (χ4n) is 1.64. The van der Waals surface area contributed by atoms with Crippen molar-refractivity contribution in [2.75, 3.05) is 13.2 Å². The van der Waals surface area contributed by atoms with Crippen molar-refractivity contribution in [3.63, 3.8) is 0 Å². The van der Waals surface area contributed by atoms with Crippen molar-refractivity contribution in [1.29, 1.82) is 0 Å². The fourth-order valence-corrected chi connectivity index (χ4v) is 1.64. The number of hydrogen-bond acceptors (Lipinski definition) is 3. The predicted octanol–water partition coefficient (Wildman–Crippen LogP) is 0.914. The summed E-state index contributed by atoms with van der Waals surface area (Å²) in [6, 6.07) is 0.490. The topological polar surface area (TPSA) is 41.5 Å². The molecule has 1 aliphatic heterocycles. The summed E-state index contributed by atoms with van der Waals surface area (Å²) < 4.78 is 5.42. The molecule has 0 amide bonds. The van der Waals surface area contributed by atoms with Gasteiger partial charge in [0.05, 0.1) is 12.2 Å². The van der Waals surface area contributed by atoms with Gasteiger partial charge in [0, 0.05) is 12.6 Å². The van der Waals surface area contributed by atoms with Crippen LogP contribution in [0, 0.1) is 0 Å². The second-order valence-electron chi connectivity index (χ2n) is 3.78. The average Bonchev–Trinajstić information content (AvgIpc) is 2.52. The maximum absolute atomic E-state index is 9.33. The third-order valence-corrected chi connectivity index (χ3v) is 2.73. The summed E-state index contributed by atoms with van der Waals surface area (Å²) >= 11 is 0. The molecule has 1 fully saturated rings. The van der Waals surface area contributed by atoms with E-state index in [2.05, 4.69) is 12.2 Å². The first-order valence-electron chi connectivity index (χ1n) is 5.27. The van der Waals surface area contributed by atoms with Crippen LogP contribution in [0.3, 0.4) is 0 Å². The second-order valence-corrected chi connectivity index (χ2v) is 3.78. The van der Waals surface area contributed by atoms with Crippen LogP contribution in [0.15, 0.2) is 0 Å². The zero-order valence-corrected chi connectivity index (χ0v) is 8.62. The Hall–Kier alpha value is -0.120. The smallest absolute Gasteiger partial charge is 0.0700 e. The number of aliphatic hydroxyl groups is 1. The molecule has 0 aromatic rings. The van der Waals surface area contributed by atoms with Gasteiger partial charge in [0.1, 0.15) is 0 Å². The maximum Gasteiger partial charge on any atom is 0.0700 e. The molecule has 0 bridgehead atoms. The molecule has 0 saturated carbocycles. The largest absolute Gasteiger partial charge is 0.393 e. The molecule has 0 aromatic carbocycles. The van der Waals surface area contributed by atoms with Crippen molar-refractivity contribution >= 4 is 0 Å². The molecular weight excluding hydrogens is 166 g/mol. The van der Waals surface area contributed by atoms with E-state index in [1.165, 1.54) is 0 Å². The van der Waals surface area contributed by atoms with Crippen molar-refractivity contribution in [3.8, 4) is 0 Å². The summed E-state index contributed by atoms with van der Waals surface area (Å²) in [6.07, 6.45) is 2.98. The van der Waals surface area contributed by atoms with E-state index in [0.717, 1.165) is 32.4 Å². The molecule has 0 aromatic heterocycles. The number of ether oxygens (including phenoxy) is 1. The SMILES string of the molecule is CCC(O)CCNC1CCOC1C. The van der Waals surface area contributed by atoms with E-state index in [4.69, 9.17) is 4.74 Å². The fraction of sp³-hybridized carbons (Fsp3) is 1.00. The first-order valence-corrected chi connectivity index (χ1v) is 5.27. The number of hydrogen-bond donors (Lipinski definition) is 2. The maximum atomic E-state index is 9.33. The highest BCUT2D eigenvalue weighted by Gasteiger charge is 2.23. The van der Waals surface area contributed by atoms with Crippen molar-refractivity contribution < 1.29 is 9.84 Å². The summed E-state index contributed by atoms with van der Waals surface area (Å²) in [7, 11) is 0. The van der Waals surface area contributed by atoms with Crippen molar-refractivity contribution in [1.82, 2.24) is 5.32 Å². The molecule has 3 atom stereocenters. The highest BCUT2D eigenvalue weighted by atomic mass is 16.5. The number of rotatable bonds is 5. The van der Waals surface area contributed by atoms with Gasteiger partial charge in [-0.1, -0.05) is 6.92 Å². The normalized spacial score (nSPS) is 30.7. The van der Waals surface area contributed by atoms with E-state index in [1.807, 2.05) is 6.92 Å². The Kier molecular flexibility index (Phi) is 4.70. The Balaban J connectivity index is 2.05. The molecular formula is C10H21NO2. The molecule has 1 heterocycles. The lowest BCUT2D eigenvalue weighted by Gasteiger charge is -2.16. The van der Waals surface area contributed by atoms with Gasteiger partial charge in [-0.15, -0.1) is 0 Å². The molecule has 1 aliphatic rings. The number of nitrogens with one attached hydrogen (secondary N) is 1. The van der Waals surface area contributed by atoms with Crippen LogP contribution in [0.5, 0.6) is 0 Å². The second kappa shape index (κ2) is 5.58. The first kappa shape index (κ1) is 11.0. The molecule has 3 nitrogen and oxygen atoms in total. The van der Waals surface area contributed by atoms with Gasteiger partial charge < -0.3 is 15.2 Å². The molecule has 2 N–H and O–H groups in total. The zero-order valence-electron chi connectivity index (χ0n) is 8.62. The highest BCUT2D eigenvalue weighted by Crippen LogP contribution is 2.12. The van der Waals surface area contributed by atoms with Crippen LogP contribution < -0.4 is 5.32 Å². The molecule has 78 valence electrons. The van der Waals surface area contributed by atoms with Crippen molar-refractivity contribution in [2.24, 2.45) is 0 Å². The van der Waals surface area contributed by atoms with Crippen molar-refractivity contribution in [2.45, 2.75) is 51.4 Å². The van der Waals surface area contributed by atoms with E-state index in [-0.39, 0.29) is 6.10 Å². The van der Waals surface area contributed by atoms with E-state index >= 15 is 0 Å². The quantitative estimate of drug-likeness (QED) is 0.672. The molecule has 1 saturated heterocycles. The average molecular weight is 187 g/mol. The molecule has 0 spiro atoms. The van der Waals surface area contributed by atoms with E-state index < -0.39 is 0 Å². The van der Waals surface area contributed by atoms with E-state index in [9.17, 15) is 5.11 Å². The summed E-state index contributed by atoms with van der Waals surface area (Å²) in [5, 5.41) is 12.7. The van der Waals surface area contributed by atoms with Crippen molar-refractivity contribution in [3.05, 3.63) is 0 Å². The number of aliphatic hydroxyl groups excluding tert-OH is 1. The van der Waals surface area contributed by atoms with Crippen LogP contribution in [0.4, 0.5) is 0 Å². The minimum absolute atomic E-state index is 0.148. The lowest BCUT2D eigenvalue weighted by atomic mass is 10.1. The van der Waals surface area contributed by atoms with Crippen LogP contribution in [0.2, 0.25) is 0 Å². The Bertz CT molecular complexity index is 141. The Morgan fingerprint density at radius 3 is 2.92 bits per heavy atom. The van der Waals surface area contributed by atoms with E-state index in [1.54, 1.807) is 0 Å². The highest BCUT2D eigenvalue weighted by molar-refractivity contribution is 4.79. The summed E-state index contributed by atoms with van der Waals surface area (Å²) in [6.45, 7) is 5.87. The molecule has 3 heteroatoms. The van der Waals surface area contributed by atoms with Gasteiger partial charge in [-0.05, 0) is 32.7 Å². The van der Waals surface area contributed by atoms with Crippen LogP contribution in [-0.2, 0) is 4.74 Å². The van der Waals surface area contributed by atoms with Crippen LogP contribution >= 0.6 is 0 Å². The monoisotopic (exact) mass is 187 g/mol.